The van der Waals surface area contributed by atoms with E-state index in [1.165, 1.54) is 61.8 Å². The first-order valence-electron chi connectivity index (χ1n) is 8.45. The number of benzene rings is 1. The summed E-state index contributed by atoms with van der Waals surface area (Å²) in [4.78, 5) is 4.65. The van der Waals surface area contributed by atoms with Crippen LogP contribution >= 0.6 is 0 Å². The molecule has 0 unspecified atom stereocenters. The van der Waals surface area contributed by atoms with E-state index in [0.717, 1.165) is 18.9 Å². The molecular formula is C18H25N3. The van der Waals surface area contributed by atoms with Crippen LogP contribution < -0.4 is 11.1 Å². The van der Waals surface area contributed by atoms with Crippen molar-refractivity contribution in [1.29, 1.82) is 0 Å². The summed E-state index contributed by atoms with van der Waals surface area (Å²) in [6.07, 6.45) is 10.5. The summed E-state index contributed by atoms with van der Waals surface area (Å²) < 4.78 is 0. The molecule has 0 aliphatic heterocycles. The van der Waals surface area contributed by atoms with Gasteiger partial charge in [0.25, 0.3) is 0 Å². The molecule has 0 heterocycles. The minimum absolute atomic E-state index is 0.530. The van der Waals surface area contributed by atoms with E-state index in [9.17, 15) is 0 Å². The first-order valence-corrected chi connectivity index (χ1v) is 8.45. The molecule has 0 aromatic heterocycles. The van der Waals surface area contributed by atoms with E-state index in [-0.39, 0.29) is 0 Å². The van der Waals surface area contributed by atoms with E-state index in [1.54, 1.807) is 0 Å². The molecule has 4 rings (SSSR count). The Kier molecular flexibility index (Phi) is 3.16. The molecule has 0 saturated heterocycles. The van der Waals surface area contributed by atoms with Crippen molar-refractivity contribution in [3.8, 4) is 0 Å². The summed E-state index contributed by atoms with van der Waals surface area (Å²) in [7, 11) is 0. The summed E-state index contributed by atoms with van der Waals surface area (Å²) in [5.41, 5.74) is 10.8. The Labute approximate surface area is 127 Å². The van der Waals surface area contributed by atoms with Gasteiger partial charge in [0.2, 0.25) is 0 Å². The van der Waals surface area contributed by atoms with Crippen molar-refractivity contribution < 1.29 is 0 Å². The van der Waals surface area contributed by atoms with Crippen LogP contribution in [0.1, 0.15) is 49.7 Å². The fraction of sp³-hybridized carbons (Fsp3) is 0.611. The van der Waals surface area contributed by atoms with Gasteiger partial charge in [0, 0.05) is 12.2 Å². The van der Waals surface area contributed by atoms with Crippen molar-refractivity contribution in [2.75, 3.05) is 11.9 Å². The van der Waals surface area contributed by atoms with Gasteiger partial charge in [0.05, 0.1) is 0 Å². The molecule has 3 N–H and O–H groups in total. The van der Waals surface area contributed by atoms with Gasteiger partial charge in [-0.15, -0.1) is 0 Å². The number of guanidine groups is 1. The first kappa shape index (κ1) is 13.2. The van der Waals surface area contributed by atoms with Crippen LogP contribution in [0, 0.1) is 11.3 Å². The summed E-state index contributed by atoms with van der Waals surface area (Å²) in [5, 5.41) is 3.36. The molecule has 3 aliphatic rings. The van der Waals surface area contributed by atoms with Crippen molar-refractivity contribution in [3.63, 3.8) is 0 Å². The van der Waals surface area contributed by atoms with Crippen LogP contribution in [0.3, 0.4) is 0 Å². The third-order valence-corrected chi connectivity index (χ3v) is 5.56. The maximum Gasteiger partial charge on any atom is 0.193 e. The number of anilines is 1. The van der Waals surface area contributed by atoms with Gasteiger partial charge in [-0.05, 0) is 79.9 Å². The Hall–Kier alpha value is -1.51. The molecule has 21 heavy (non-hydrogen) atoms. The van der Waals surface area contributed by atoms with Crippen LogP contribution in [-0.2, 0) is 12.8 Å². The summed E-state index contributed by atoms with van der Waals surface area (Å²) in [6, 6.07) is 6.52. The van der Waals surface area contributed by atoms with Crippen LogP contribution in [0.5, 0.6) is 0 Å². The van der Waals surface area contributed by atoms with Crippen molar-refractivity contribution in [2.45, 2.75) is 51.4 Å². The second kappa shape index (κ2) is 5.04. The second-order valence-corrected chi connectivity index (χ2v) is 7.11. The second-order valence-electron chi connectivity index (χ2n) is 7.11. The zero-order chi connectivity index (χ0) is 14.3. The van der Waals surface area contributed by atoms with Gasteiger partial charge in [0.1, 0.15) is 0 Å². The smallest absolute Gasteiger partial charge is 0.193 e. The van der Waals surface area contributed by atoms with Gasteiger partial charge in [-0.1, -0.05) is 12.1 Å². The highest BCUT2D eigenvalue weighted by Crippen LogP contribution is 2.61. The Morgan fingerprint density at radius 1 is 1.24 bits per heavy atom. The largest absolute Gasteiger partial charge is 0.370 e. The molecule has 2 saturated carbocycles. The lowest BCUT2D eigenvalue weighted by atomic mass is 9.90. The molecule has 2 fully saturated rings. The Bertz CT molecular complexity index is 568. The van der Waals surface area contributed by atoms with Crippen LogP contribution in [0.15, 0.2) is 23.2 Å². The summed E-state index contributed by atoms with van der Waals surface area (Å²) in [5.74, 6) is 1.54. The van der Waals surface area contributed by atoms with Crippen LogP contribution in [0.2, 0.25) is 0 Å². The van der Waals surface area contributed by atoms with Crippen molar-refractivity contribution in [1.82, 2.24) is 0 Å². The highest BCUT2D eigenvalue weighted by molar-refractivity contribution is 5.93. The predicted molar refractivity (Wildman–Crippen MR) is 87.6 cm³/mol. The Morgan fingerprint density at radius 2 is 2.05 bits per heavy atom. The van der Waals surface area contributed by atoms with E-state index in [4.69, 9.17) is 5.73 Å². The molecule has 1 aromatic carbocycles. The fourth-order valence-electron chi connectivity index (χ4n) is 3.87. The number of hydrogen-bond acceptors (Lipinski definition) is 1. The van der Waals surface area contributed by atoms with E-state index in [1.807, 2.05) is 0 Å². The number of aliphatic imine (C=N–C) groups is 1. The SMILES string of the molecule is NC(=NCC1(C2CC2)CC1)Nc1cccc2c1CCCC2. The third kappa shape index (κ3) is 2.66. The average molecular weight is 283 g/mol. The van der Waals surface area contributed by atoms with Gasteiger partial charge in [-0.2, -0.15) is 0 Å². The van der Waals surface area contributed by atoms with E-state index >= 15 is 0 Å². The molecule has 0 amide bonds. The number of hydrogen-bond donors (Lipinski definition) is 2. The normalized spacial score (nSPS) is 23.5. The minimum atomic E-state index is 0.530. The number of nitrogens with two attached hydrogens (primary N) is 1. The Morgan fingerprint density at radius 3 is 2.81 bits per heavy atom. The highest BCUT2D eigenvalue weighted by Gasteiger charge is 2.53. The zero-order valence-electron chi connectivity index (χ0n) is 12.7. The minimum Gasteiger partial charge on any atom is -0.370 e. The maximum absolute atomic E-state index is 6.13. The zero-order valence-corrected chi connectivity index (χ0v) is 12.7. The van der Waals surface area contributed by atoms with Gasteiger partial charge in [-0.3, -0.25) is 4.99 Å². The van der Waals surface area contributed by atoms with Crippen molar-refractivity contribution >= 4 is 11.6 Å². The summed E-state index contributed by atoms with van der Waals surface area (Å²) in [6.45, 7) is 0.922. The molecule has 0 bridgehead atoms. The van der Waals surface area contributed by atoms with E-state index in [0.29, 0.717) is 11.4 Å². The topological polar surface area (TPSA) is 50.4 Å². The van der Waals surface area contributed by atoms with E-state index in [2.05, 4.69) is 28.5 Å². The number of nitrogens with zero attached hydrogens (tertiary/aromatic N) is 1. The van der Waals surface area contributed by atoms with Gasteiger partial charge in [-0.25, -0.2) is 0 Å². The van der Waals surface area contributed by atoms with Crippen LogP contribution in [0.25, 0.3) is 0 Å². The van der Waals surface area contributed by atoms with Crippen molar-refractivity contribution in [2.24, 2.45) is 22.1 Å². The average Bonchev–Trinajstić information content (AvgIpc) is 3.38. The molecule has 112 valence electrons. The van der Waals surface area contributed by atoms with E-state index < -0.39 is 0 Å². The van der Waals surface area contributed by atoms with Crippen LogP contribution in [0.4, 0.5) is 5.69 Å². The van der Waals surface area contributed by atoms with Gasteiger partial charge >= 0.3 is 0 Å². The predicted octanol–water partition coefficient (Wildman–Crippen LogP) is 3.48. The van der Waals surface area contributed by atoms with Crippen LogP contribution in [-0.4, -0.2) is 12.5 Å². The highest BCUT2D eigenvalue weighted by atomic mass is 15.1. The molecular weight excluding hydrogens is 258 g/mol. The summed E-state index contributed by atoms with van der Waals surface area (Å²) >= 11 is 0. The maximum atomic E-state index is 6.13. The van der Waals surface area contributed by atoms with Gasteiger partial charge in [0.15, 0.2) is 5.96 Å². The number of fused-ring (bicyclic) bond motifs is 1. The first-order chi connectivity index (χ1) is 10.3. The molecule has 0 spiro atoms. The lowest BCUT2D eigenvalue weighted by Crippen LogP contribution is -2.25. The Balaban J connectivity index is 1.45. The quantitative estimate of drug-likeness (QED) is 0.656. The number of nitrogens with one attached hydrogen (secondary N) is 1. The molecule has 0 radical (unpaired) electrons. The lowest BCUT2D eigenvalue weighted by Gasteiger charge is -2.20. The monoisotopic (exact) mass is 283 g/mol. The van der Waals surface area contributed by atoms with Crippen molar-refractivity contribution in [3.05, 3.63) is 29.3 Å². The molecule has 1 aromatic rings. The fourth-order valence-corrected chi connectivity index (χ4v) is 3.87. The standard InChI is InChI=1S/C18H25N3/c19-17(20-12-18(10-11-18)14-8-9-14)21-16-7-3-5-13-4-1-2-6-15(13)16/h3,5,7,14H,1-2,4,6,8-12H2,(H3,19,20,21). The lowest BCUT2D eigenvalue weighted by molar-refractivity contribution is 0.454. The number of aryl methyl sites for hydroxylation is 1. The molecule has 3 nitrogen and oxygen atoms in total. The number of rotatable bonds is 4. The third-order valence-electron chi connectivity index (χ3n) is 5.56. The molecule has 3 aliphatic carbocycles. The van der Waals surface area contributed by atoms with Gasteiger partial charge < -0.3 is 11.1 Å². The molecule has 0 atom stereocenters. The molecule has 3 heteroatoms.